The molecule has 5 nitrogen and oxygen atoms in total. The van der Waals surface area contributed by atoms with Gasteiger partial charge >= 0.3 is 0 Å². The van der Waals surface area contributed by atoms with Crippen LogP contribution in [0.15, 0.2) is 22.3 Å². The maximum Gasteiger partial charge on any atom is 0.259 e. The molecule has 0 saturated heterocycles. The Balaban J connectivity index is 1.47. The molecule has 0 unspecified atom stereocenters. The van der Waals surface area contributed by atoms with Gasteiger partial charge in [0.25, 0.3) is 5.56 Å². The zero-order valence-corrected chi connectivity index (χ0v) is 16.6. The van der Waals surface area contributed by atoms with Gasteiger partial charge in [0.05, 0.1) is 18.5 Å². The van der Waals surface area contributed by atoms with Gasteiger partial charge in [-0.1, -0.05) is 6.07 Å². The summed E-state index contributed by atoms with van der Waals surface area (Å²) >= 11 is 3.31. The summed E-state index contributed by atoms with van der Waals surface area (Å²) in [5.74, 6) is 0.919. The third-order valence-corrected chi connectivity index (χ3v) is 7.43. The standard InChI is InChI=1S/C20H21N3O2S2/c24-18-17-14-5-1-2-6-15(14)27-19(17)22-16(21-18)11-23(20(25)12-7-8-12)10-13-4-3-9-26-13/h3-4,9,12H,1-2,5-8,10-11H2,(H,21,22,24). The van der Waals surface area contributed by atoms with Crippen molar-refractivity contribution in [2.45, 2.75) is 51.6 Å². The first-order valence-electron chi connectivity index (χ1n) is 9.53. The number of amides is 1. The average molecular weight is 400 g/mol. The van der Waals surface area contributed by atoms with E-state index in [1.54, 1.807) is 22.7 Å². The lowest BCUT2D eigenvalue weighted by molar-refractivity contribution is -0.133. The Hall–Kier alpha value is -1.99. The Labute approximate surface area is 165 Å². The summed E-state index contributed by atoms with van der Waals surface area (Å²) < 4.78 is 0. The second-order valence-electron chi connectivity index (χ2n) is 7.45. The van der Waals surface area contributed by atoms with E-state index in [0.29, 0.717) is 18.9 Å². The fraction of sp³-hybridized carbons (Fsp3) is 0.450. The number of H-pyrrole nitrogens is 1. The Kier molecular flexibility index (Phi) is 4.36. The molecule has 0 aliphatic heterocycles. The quantitative estimate of drug-likeness (QED) is 0.708. The first-order chi connectivity index (χ1) is 13.2. The van der Waals surface area contributed by atoms with Crippen LogP contribution < -0.4 is 5.56 Å². The second-order valence-corrected chi connectivity index (χ2v) is 9.57. The summed E-state index contributed by atoms with van der Waals surface area (Å²) in [6, 6.07) is 4.05. The lowest BCUT2D eigenvalue weighted by atomic mass is 9.97. The number of fused-ring (bicyclic) bond motifs is 3. The number of thiophene rings is 2. The summed E-state index contributed by atoms with van der Waals surface area (Å²) in [6.07, 6.45) is 6.31. The minimum absolute atomic E-state index is 0.0515. The van der Waals surface area contributed by atoms with Crippen molar-refractivity contribution in [1.29, 1.82) is 0 Å². The number of carbonyl (C=O) groups is 1. The van der Waals surface area contributed by atoms with E-state index >= 15 is 0 Å². The summed E-state index contributed by atoms with van der Waals surface area (Å²) in [6.45, 7) is 0.941. The first-order valence-corrected chi connectivity index (χ1v) is 11.2. The summed E-state index contributed by atoms with van der Waals surface area (Å²) in [4.78, 5) is 38.4. The van der Waals surface area contributed by atoms with Crippen molar-refractivity contribution >= 4 is 38.8 Å². The molecule has 0 aromatic carbocycles. The van der Waals surface area contributed by atoms with Gasteiger partial charge in [-0.2, -0.15) is 0 Å². The lowest BCUT2D eigenvalue weighted by Gasteiger charge is -2.21. The third-order valence-electron chi connectivity index (χ3n) is 5.38. The molecule has 2 aliphatic carbocycles. The molecule has 0 spiro atoms. The second kappa shape index (κ2) is 6.87. The first kappa shape index (κ1) is 17.1. The van der Waals surface area contributed by atoms with E-state index < -0.39 is 0 Å². The van der Waals surface area contributed by atoms with E-state index in [1.807, 2.05) is 22.4 Å². The van der Waals surface area contributed by atoms with Gasteiger partial charge in [0.15, 0.2) is 0 Å². The fourth-order valence-corrected chi connectivity index (χ4v) is 5.86. The third kappa shape index (κ3) is 3.34. The molecule has 7 heteroatoms. The van der Waals surface area contributed by atoms with E-state index in [-0.39, 0.29) is 17.4 Å². The van der Waals surface area contributed by atoms with Crippen molar-refractivity contribution in [3.63, 3.8) is 0 Å². The highest BCUT2D eigenvalue weighted by Gasteiger charge is 2.34. The number of nitrogens with one attached hydrogen (secondary N) is 1. The molecule has 0 atom stereocenters. The summed E-state index contributed by atoms with van der Waals surface area (Å²) in [7, 11) is 0. The van der Waals surface area contributed by atoms with Gasteiger partial charge in [0.1, 0.15) is 10.7 Å². The molecule has 3 aromatic heterocycles. The molecule has 1 fully saturated rings. The van der Waals surface area contributed by atoms with Crippen LogP contribution in [0.4, 0.5) is 0 Å². The van der Waals surface area contributed by atoms with Gasteiger partial charge in [-0.05, 0) is 55.5 Å². The van der Waals surface area contributed by atoms with Crippen LogP contribution in [0.1, 0.15) is 46.8 Å². The van der Waals surface area contributed by atoms with Gasteiger partial charge in [0, 0.05) is 15.7 Å². The van der Waals surface area contributed by atoms with Crippen LogP contribution in [-0.4, -0.2) is 20.8 Å². The Morgan fingerprint density at radius 1 is 1.26 bits per heavy atom. The van der Waals surface area contributed by atoms with Gasteiger partial charge in [-0.25, -0.2) is 4.98 Å². The highest BCUT2D eigenvalue weighted by Crippen LogP contribution is 2.34. The molecule has 2 aliphatic rings. The topological polar surface area (TPSA) is 66.1 Å². The van der Waals surface area contributed by atoms with E-state index in [4.69, 9.17) is 4.98 Å². The van der Waals surface area contributed by atoms with Gasteiger partial charge in [-0.15, -0.1) is 22.7 Å². The van der Waals surface area contributed by atoms with E-state index in [2.05, 4.69) is 4.98 Å². The van der Waals surface area contributed by atoms with Crippen LogP contribution in [-0.2, 0) is 30.7 Å². The van der Waals surface area contributed by atoms with E-state index in [9.17, 15) is 9.59 Å². The smallest absolute Gasteiger partial charge is 0.259 e. The van der Waals surface area contributed by atoms with Crippen LogP contribution in [0, 0.1) is 5.92 Å². The summed E-state index contributed by atoms with van der Waals surface area (Å²) in [5.41, 5.74) is 1.15. The zero-order chi connectivity index (χ0) is 18.4. The minimum atomic E-state index is -0.0515. The van der Waals surface area contributed by atoms with Crippen molar-refractivity contribution in [3.05, 3.63) is 49.0 Å². The number of carbonyl (C=O) groups excluding carboxylic acids is 1. The molecule has 1 amide bonds. The molecule has 5 rings (SSSR count). The lowest BCUT2D eigenvalue weighted by Crippen LogP contribution is -2.32. The molecular weight excluding hydrogens is 378 g/mol. The fourth-order valence-electron chi connectivity index (χ4n) is 3.86. The molecule has 1 saturated carbocycles. The van der Waals surface area contributed by atoms with Crippen molar-refractivity contribution in [1.82, 2.24) is 14.9 Å². The van der Waals surface area contributed by atoms with Crippen molar-refractivity contribution in [2.75, 3.05) is 0 Å². The number of nitrogens with zero attached hydrogens (tertiary/aromatic N) is 2. The van der Waals surface area contributed by atoms with Crippen LogP contribution in [0.5, 0.6) is 0 Å². The van der Waals surface area contributed by atoms with Crippen molar-refractivity contribution in [2.24, 2.45) is 5.92 Å². The van der Waals surface area contributed by atoms with Crippen molar-refractivity contribution < 1.29 is 4.79 Å². The number of aromatic amines is 1. The molecule has 0 radical (unpaired) electrons. The minimum Gasteiger partial charge on any atom is -0.330 e. The molecule has 3 heterocycles. The van der Waals surface area contributed by atoms with Crippen molar-refractivity contribution in [3.8, 4) is 0 Å². The number of rotatable bonds is 5. The maximum absolute atomic E-state index is 12.8. The number of aryl methyl sites for hydroxylation is 2. The normalized spacial score (nSPS) is 16.4. The zero-order valence-electron chi connectivity index (χ0n) is 15.0. The van der Waals surface area contributed by atoms with Crippen LogP contribution in [0.3, 0.4) is 0 Å². The predicted molar refractivity (Wildman–Crippen MR) is 108 cm³/mol. The molecule has 27 heavy (non-hydrogen) atoms. The molecule has 140 valence electrons. The Morgan fingerprint density at radius 3 is 2.89 bits per heavy atom. The Bertz CT molecular complexity index is 1050. The monoisotopic (exact) mass is 399 g/mol. The van der Waals surface area contributed by atoms with Crippen LogP contribution >= 0.6 is 22.7 Å². The van der Waals surface area contributed by atoms with Gasteiger partial charge in [0.2, 0.25) is 5.91 Å². The maximum atomic E-state index is 12.8. The molecule has 1 N–H and O–H groups in total. The van der Waals surface area contributed by atoms with E-state index in [1.165, 1.54) is 16.9 Å². The highest BCUT2D eigenvalue weighted by atomic mass is 32.1. The average Bonchev–Trinajstić information content (AvgIpc) is 3.25. The molecular formula is C20H21N3O2S2. The summed E-state index contributed by atoms with van der Waals surface area (Å²) in [5, 5.41) is 2.80. The highest BCUT2D eigenvalue weighted by molar-refractivity contribution is 7.18. The SMILES string of the molecule is O=C(C1CC1)N(Cc1nc2sc3c(c2c(=O)[nH]1)CCCC3)Cc1cccs1. The van der Waals surface area contributed by atoms with Crippen LogP contribution in [0.2, 0.25) is 0 Å². The Morgan fingerprint density at radius 2 is 2.11 bits per heavy atom. The number of hydrogen-bond acceptors (Lipinski definition) is 5. The number of hydrogen-bond donors (Lipinski definition) is 1. The molecule has 0 bridgehead atoms. The number of aromatic nitrogens is 2. The van der Waals surface area contributed by atoms with Gasteiger partial charge < -0.3 is 9.88 Å². The predicted octanol–water partition coefficient (Wildman–Crippen LogP) is 3.86. The van der Waals surface area contributed by atoms with Crippen LogP contribution in [0.25, 0.3) is 10.2 Å². The van der Waals surface area contributed by atoms with Gasteiger partial charge in [-0.3, -0.25) is 9.59 Å². The van der Waals surface area contributed by atoms with E-state index in [0.717, 1.165) is 47.2 Å². The largest absolute Gasteiger partial charge is 0.330 e. The molecule has 3 aromatic rings.